The second kappa shape index (κ2) is 8.02. The van der Waals surface area contributed by atoms with Crippen molar-refractivity contribution in [1.82, 2.24) is 9.80 Å². The number of rotatable bonds is 6. The van der Waals surface area contributed by atoms with E-state index in [-0.39, 0.29) is 5.38 Å². The molecule has 0 amide bonds. The van der Waals surface area contributed by atoms with Crippen LogP contribution in [0.25, 0.3) is 0 Å². The van der Waals surface area contributed by atoms with Crippen molar-refractivity contribution in [2.45, 2.75) is 32.1 Å². The van der Waals surface area contributed by atoms with Crippen molar-refractivity contribution in [2.24, 2.45) is 0 Å². The molecule has 0 bridgehead atoms. The fraction of sp³-hybridized carbons (Fsp3) is 0.647. The molecule has 1 saturated heterocycles. The lowest BCUT2D eigenvalue weighted by atomic mass is 10.1. The summed E-state index contributed by atoms with van der Waals surface area (Å²) in [5.74, 6) is 0. The van der Waals surface area contributed by atoms with Crippen molar-refractivity contribution in [3.05, 3.63) is 35.4 Å². The first kappa shape index (κ1) is 15.8. The first-order valence-electron chi connectivity index (χ1n) is 7.90. The first-order valence-corrected chi connectivity index (χ1v) is 8.34. The van der Waals surface area contributed by atoms with Crippen molar-refractivity contribution in [2.75, 3.05) is 39.3 Å². The van der Waals surface area contributed by atoms with Crippen molar-refractivity contribution >= 4 is 11.6 Å². The lowest BCUT2D eigenvalue weighted by Crippen LogP contribution is -2.46. The monoisotopic (exact) mass is 294 g/mol. The van der Waals surface area contributed by atoms with Gasteiger partial charge in [-0.1, -0.05) is 44.5 Å². The lowest BCUT2D eigenvalue weighted by molar-refractivity contribution is 0.137. The third-order valence-electron chi connectivity index (χ3n) is 4.21. The van der Waals surface area contributed by atoms with Gasteiger partial charge in [0.05, 0.1) is 5.38 Å². The van der Waals surface area contributed by atoms with Gasteiger partial charge in [-0.05, 0) is 24.1 Å². The Hall–Kier alpha value is -0.570. The topological polar surface area (TPSA) is 6.48 Å². The maximum Gasteiger partial charge on any atom is 0.0712 e. The van der Waals surface area contributed by atoms with Gasteiger partial charge in [-0.3, -0.25) is 4.90 Å². The van der Waals surface area contributed by atoms with E-state index in [1.807, 2.05) is 0 Å². The Balaban J connectivity index is 1.83. The van der Waals surface area contributed by atoms with Gasteiger partial charge in [0.15, 0.2) is 0 Å². The van der Waals surface area contributed by atoms with E-state index in [4.69, 9.17) is 11.6 Å². The maximum atomic E-state index is 6.58. The molecule has 2 rings (SSSR count). The molecule has 0 aromatic heterocycles. The molecule has 0 spiro atoms. The van der Waals surface area contributed by atoms with Crippen LogP contribution in [0.2, 0.25) is 0 Å². The number of aryl methyl sites for hydroxylation is 1. The van der Waals surface area contributed by atoms with E-state index in [0.29, 0.717) is 0 Å². The molecule has 1 fully saturated rings. The summed E-state index contributed by atoms with van der Waals surface area (Å²) < 4.78 is 0. The molecule has 1 aromatic carbocycles. The summed E-state index contributed by atoms with van der Waals surface area (Å²) in [5.41, 5.74) is 2.67. The Labute approximate surface area is 128 Å². The fourth-order valence-electron chi connectivity index (χ4n) is 2.80. The summed E-state index contributed by atoms with van der Waals surface area (Å²) >= 11 is 6.58. The minimum absolute atomic E-state index is 0.110. The molecule has 1 aliphatic heterocycles. The van der Waals surface area contributed by atoms with E-state index in [2.05, 4.69) is 47.9 Å². The SMILES string of the molecule is CCCc1ccc(C(Cl)CN2CCN(CC)CC2)cc1. The summed E-state index contributed by atoms with van der Waals surface area (Å²) in [6.45, 7) is 11.2. The Kier molecular flexibility index (Phi) is 6.34. The van der Waals surface area contributed by atoms with Crippen LogP contribution in [0.4, 0.5) is 0 Å². The standard InChI is InChI=1S/C17H27ClN2/c1-3-5-15-6-8-16(9-7-15)17(18)14-20-12-10-19(4-2)11-13-20/h6-9,17H,3-5,10-14H2,1-2H3. The smallest absolute Gasteiger partial charge is 0.0712 e. The van der Waals surface area contributed by atoms with Gasteiger partial charge in [0.1, 0.15) is 0 Å². The number of piperazine rings is 1. The predicted octanol–water partition coefficient (Wildman–Crippen LogP) is 3.56. The molecular weight excluding hydrogens is 268 g/mol. The molecule has 1 unspecified atom stereocenters. The van der Waals surface area contributed by atoms with Crippen LogP contribution < -0.4 is 0 Å². The van der Waals surface area contributed by atoms with Gasteiger partial charge in [-0.15, -0.1) is 11.6 Å². The predicted molar refractivity (Wildman–Crippen MR) is 87.6 cm³/mol. The Bertz CT molecular complexity index is 382. The molecule has 1 heterocycles. The highest BCUT2D eigenvalue weighted by atomic mass is 35.5. The third kappa shape index (κ3) is 4.47. The van der Waals surface area contributed by atoms with Crippen LogP contribution in [0.1, 0.15) is 36.8 Å². The average Bonchev–Trinajstić information content (AvgIpc) is 2.49. The highest BCUT2D eigenvalue weighted by molar-refractivity contribution is 6.21. The van der Waals surface area contributed by atoms with E-state index in [0.717, 1.165) is 32.6 Å². The highest BCUT2D eigenvalue weighted by Gasteiger charge is 2.18. The summed E-state index contributed by atoms with van der Waals surface area (Å²) in [4.78, 5) is 4.99. The summed E-state index contributed by atoms with van der Waals surface area (Å²) in [6.07, 6.45) is 2.36. The van der Waals surface area contributed by atoms with E-state index < -0.39 is 0 Å². The van der Waals surface area contributed by atoms with E-state index in [1.165, 1.54) is 30.6 Å². The van der Waals surface area contributed by atoms with Crippen LogP contribution in [-0.4, -0.2) is 49.1 Å². The Morgan fingerprint density at radius 2 is 1.60 bits per heavy atom. The molecule has 2 nitrogen and oxygen atoms in total. The number of halogens is 1. The first-order chi connectivity index (χ1) is 9.72. The van der Waals surface area contributed by atoms with Crippen molar-refractivity contribution in [3.8, 4) is 0 Å². The van der Waals surface area contributed by atoms with Crippen LogP contribution in [0.3, 0.4) is 0 Å². The van der Waals surface area contributed by atoms with Gasteiger partial charge >= 0.3 is 0 Å². The summed E-state index contributed by atoms with van der Waals surface area (Å²) in [7, 11) is 0. The largest absolute Gasteiger partial charge is 0.301 e. The second-order valence-corrected chi connectivity index (χ2v) is 6.22. The number of nitrogens with zero attached hydrogens (tertiary/aromatic N) is 2. The Morgan fingerprint density at radius 1 is 1.00 bits per heavy atom. The zero-order valence-electron chi connectivity index (χ0n) is 12.8. The number of alkyl halides is 1. The van der Waals surface area contributed by atoms with Crippen LogP contribution in [0.5, 0.6) is 0 Å². The molecular formula is C17H27ClN2. The zero-order valence-corrected chi connectivity index (χ0v) is 13.6. The van der Waals surface area contributed by atoms with Crippen LogP contribution in [0.15, 0.2) is 24.3 Å². The van der Waals surface area contributed by atoms with Gasteiger partial charge in [0.25, 0.3) is 0 Å². The van der Waals surface area contributed by atoms with Gasteiger partial charge in [-0.25, -0.2) is 0 Å². The van der Waals surface area contributed by atoms with Gasteiger partial charge in [0, 0.05) is 32.7 Å². The number of benzene rings is 1. The van der Waals surface area contributed by atoms with E-state index in [9.17, 15) is 0 Å². The molecule has 20 heavy (non-hydrogen) atoms. The quantitative estimate of drug-likeness (QED) is 0.740. The lowest BCUT2D eigenvalue weighted by Gasteiger charge is -2.35. The molecule has 0 saturated carbocycles. The van der Waals surface area contributed by atoms with Gasteiger partial charge in [0.2, 0.25) is 0 Å². The van der Waals surface area contributed by atoms with Gasteiger partial charge in [-0.2, -0.15) is 0 Å². The molecule has 1 aromatic rings. The fourth-order valence-corrected chi connectivity index (χ4v) is 3.14. The molecule has 1 atom stereocenters. The van der Waals surface area contributed by atoms with Crippen molar-refractivity contribution in [3.63, 3.8) is 0 Å². The van der Waals surface area contributed by atoms with Gasteiger partial charge < -0.3 is 4.90 Å². The van der Waals surface area contributed by atoms with Crippen molar-refractivity contribution in [1.29, 1.82) is 0 Å². The molecule has 0 aliphatic carbocycles. The van der Waals surface area contributed by atoms with E-state index in [1.54, 1.807) is 0 Å². The van der Waals surface area contributed by atoms with Crippen LogP contribution >= 0.6 is 11.6 Å². The van der Waals surface area contributed by atoms with Crippen LogP contribution in [0, 0.1) is 0 Å². The zero-order chi connectivity index (χ0) is 14.4. The molecule has 112 valence electrons. The summed E-state index contributed by atoms with van der Waals surface area (Å²) in [5, 5.41) is 0.110. The number of hydrogen-bond acceptors (Lipinski definition) is 2. The average molecular weight is 295 g/mol. The van der Waals surface area contributed by atoms with E-state index >= 15 is 0 Å². The Morgan fingerprint density at radius 3 is 2.15 bits per heavy atom. The summed E-state index contributed by atoms with van der Waals surface area (Å²) in [6, 6.07) is 8.85. The number of likely N-dealkylation sites (N-methyl/N-ethyl adjacent to an activating group) is 1. The molecule has 3 heteroatoms. The maximum absolute atomic E-state index is 6.58. The van der Waals surface area contributed by atoms with Crippen LogP contribution in [-0.2, 0) is 6.42 Å². The van der Waals surface area contributed by atoms with Crippen molar-refractivity contribution < 1.29 is 0 Å². The minimum Gasteiger partial charge on any atom is -0.301 e. The second-order valence-electron chi connectivity index (χ2n) is 5.69. The molecule has 0 N–H and O–H groups in total. The third-order valence-corrected chi connectivity index (χ3v) is 4.60. The normalized spacial score (nSPS) is 19.1. The molecule has 0 radical (unpaired) electrons. The minimum atomic E-state index is 0.110. The number of hydrogen-bond donors (Lipinski definition) is 0. The highest BCUT2D eigenvalue weighted by Crippen LogP contribution is 2.23. The molecule has 1 aliphatic rings.